The van der Waals surface area contributed by atoms with Gasteiger partial charge in [-0.05, 0) is 12.5 Å². The Labute approximate surface area is 106 Å². The number of ether oxygens (including phenoxy) is 2. The summed E-state index contributed by atoms with van der Waals surface area (Å²) in [6, 6.07) is 9.50. The van der Waals surface area contributed by atoms with Crippen LogP contribution in [0.25, 0.3) is 0 Å². The van der Waals surface area contributed by atoms with Gasteiger partial charge in [0.1, 0.15) is 6.61 Å². The highest BCUT2D eigenvalue weighted by Crippen LogP contribution is 2.08. The number of carbonyl (C=O) groups is 1. The number of nitrogens with zero attached hydrogens (tertiary/aromatic N) is 1. The van der Waals surface area contributed by atoms with Gasteiger partial charge in [-0.2, -0.15) is 5.10 Å². The highest BCUT2D eigenvalue weighted by Gasteiger charge is 2.18. The van der Waals surface area contributed by atoms with Gasteiger partial charge in [-0.25, -0.2) is 10.2 Å². The number of nitrogens with one attached hydrogen (secondary N) is 1. The van der Waals surface area contributed by atoms with E-state index in [1.165, 1.54) is 0 Å². The van der Waals surface area contributed by atoms with Crippen LogP contribution in [0.4, 0.5) is 4.79 Å². The van der Waals surface area contributed by atoms with E-state index >= 15 is 0 Å². The number of hydrogen-bond donors (Lipinski definition) is 1. The van der Waals surface area contributed by atoms with Crippen LogP contribution < -0.4 is 5.43 Å². The van der Waals surface area contributed by atoms with Crippen molar-refractivity contribution in [3.05, 3.63) is 35.9 Å². The maximum absolute atomic E-state index is 11.4. The van der Waals surface area contributed by atoms with Crippen LogP contribution >= 0.6 is 0 Å². The summed E-state index contributed by atoms with van der Waals surface area (Å²) in [6.45, 7) is 2.80. The molecule has 1 unspecified atom stereocenters. The fourth-order valence-electron chi connectivity index (χ4n) is 1.66. The number of hydrazone groups is 1. The molecule has 0 spiro atoms. The van der Waals surface area contributed by atoms with Crippen molar-refractivity contribution >= 4 is 11.8 Å². The van der Waals surface area contributed by atoms with Crippen LogP contribution in [-0.4, -0.2) is 24.5 Å². The van der Waals surface area contributed by atoms with Crippen molar-refractivity contribution in [3.8, 4) is 0 Å². The monoisotopic (exact) mass is 248 g/mol. The van der Waals surface area contributed by atoms with Gasteiger partial charge in [0.05, 0.1) is 18.4 Å². The molecule has 1 N–H and O–H groups in total. The molecule has 0 bridgehead atoms. The summed E-state index contributed by atoms with van der Waals surface area (Å²) in [5, 5.41) is 3.98. The molecule has 1 aliphatic rings. The molecular weight excluding hydrogens is 232 g/mol. The highest BCUT2D eigenvalue weighted by atomic mass is 16.6. The fourth-order valence-corrected chi connectivity index (χ4v) is 1.66. The van der Waals surface area contributed by atoms with Crippen LogP contribution in [0.1, 0.15) is 18.9 Å². The molecule has 5 heteroatoms. The van der Waals surface area contributed by atoms with Crippen LogP contribution in [0, 0.1) is 0 Å². The second-order valence-corrected chi connectivity index (χ2v) is 4.04. The summed E-state index contributed by atoms with van der Waals surface area (Å²) in [5.74, 6) is 0. The molecule has 0 aromatic heterocycles. The Kier molecular flexibility index (Phi) is 4.30. The Balaban J connectivity index is 1.76. The lowest BCUT2D eigenvalue weighted by molar-refractivity contribution is 0.139. The van der Waals surface area contributed by atoms with Crippen LogP contribution in [0.2, 0.25) is 0 Å². The average molecular weight is 248 g/mol. The van der Waals surface area contributed by atoms with Gasteiger partial charge in [0.25, 0.3) is 0 Å². The Morgan fingerprint density at radius 2 is 2.28 bits per heavy atom. The standard InChI is InChI=1S/C13H16N2O3/c1-10-12(7-8-17-10)14-15-13(16)18-9-11-5-3-2-4-6-11/h2-6,10H,7-9H2,1H3,(H,15,16). The normalized spacial score (nSPS) is 20.9. The zero-order valence-electron chi connectivity index (χ0n) is 10.3. The predicted molar refractivity (Wildman–Crippen MR) is 67.2 cm³/mol. The van der Waals surface area contributed by atoms with Crippen molar-refractivity contribution in [3.63, 3.8) is 0 Å². The van der Waals surface area contributed by atoms with E-state index in [0.29, 0.717) is 6.61 Å². The summed E-state index contributed by atoms with van der Waals surface area (Å²) in [7, 11) is 0. The van der Waals surface area contributed by atoms with Gasteiger partial charge in [0.15, 0.2) is 0 Å². The summed E-state index contributed by atoms with van der Waals surface area (Å²) in [4.78, 5) is 11.4. The molecule has 1 saturated heterocycles. The van der Waals surface area contributed by atoms with Gasteiger partial charge in [-0.15, -0.1) is 0 Å². The summed E-state index contributed by atoms with van der Waals surface area (Å²) in [6.07, 6.45) is 0.171. The summed E-state index contributed by atoms with van der Waals surface area (Å²) >= 11 is 0. The second-order valence-electron chi connectivity index (χ2n) is 4.04. The molecule has 96 valence electrons. The zero-order valence-corrected chi connectivity index (χ0v) is 10.3. The van der Waals surface area contributed by atoms with Gasteiger partial charge in [-0.3, -0.25) is 0 Å². The number of amides is 1. The SMILES string of the molecule is CC1OCCC1=NNC(=O)OCc1ccccc1. The molecule has 1 fully saturated rings. The molecule has 1 aliphatic heterocycles. The molecule has 1 aromatic carbocycles. The topological polar surface area (TPSA) is 59.9 Å². The molecule has 1 amide bonds. The number of hydrogen-bond acceptors (Lipinski definition) is 4. The summed E-state index contributed by atoms with van der Waals surface area (Å²) in [5.41, 5.74) is 4.15. The van der Waals surface area contributed by atoms with Crippen molar-refractivity contribution < 1.29 is 14.3 Å². The molecular formula is C13H16N2O3. The second kappa shape index (κ2) is 6.16. The quantitative estimate of drug-likeness (QED) is 0.833. The van der Waals surface area contributed by atoms with E-state index < -0.39 is 6.09 Å². The van der Waals surface area contributed by atoms with Crippen molar-refractivity contribution in [2.45, 2.75) is 26.1 Å². The minimum atomic E-state index is -0.551. The third kappa shape index (κ3) is 3.56. The Hall–Kier alpha value is -1.88. The average Bonchev–Trinajstić information content (AvgIpc) is 2.81. The minimum absolute atomic E-state index is 0.0283. The smallest absolute Gasteiger partial charge is 0.428 e. The Morgan fingerprint density at radius 1 is 1.50 bits per heavy atom. The van der Waals surface area contributed by atoms with Crippen LogP contribution in [-0.2, 0) is 16.1 Å². The van der Waals surface area contributed by atoms with Crippen LogP contribution in [0.15, 0.2) is 35.4 Å². The molecule has 5 nitrogen and oxygen atoms in total. The Bertz CT molecular complexity index is 431. The largest absolute Gasteiger partial charge is 0.443 e. The lowest BCUT2D eigenvalue weighted by atomic mass is 10.2. The first kappa shape index (κ1) is 12.6. The van der Waals surface area contributed by atoms with E-state index in [0.717, 1.165) is 17.7 Å². The van der Waals surface area contributed by atoms with E-state index in [9.17, 15) is 4.79 Å². The predicted octanol–water partition coefficient (Wildman–Crippen LogP) is 2.08. The van der Waals surface area contributed by atoms with Crippen molar-refractivity contribution in [2.75, 3.05) is 6.61 Å². The van der Waals surface area contributed by atoms with Crippen LogP contribution in [0.5, 0.6) is 0 Å². The van der Waals surface area contributed by atoms with E-state index in [2.05, 4.69) is 10.5 Å². The van der Waals surface area contributed by atoms with Crippen molar-refractivity contribution in [1.29, 1.82) is 0 Å². The molecule has 18 heavy (non-hydrogen) atoms. The van der Waals surface area contributed by atoms with Gasteiger partial charge in [-0.1, -0.05) is 30.3 Å². The van der Waals surface area contributed by atoms with Gasteiger partial charge < -0.3 is 9.47 Å². The van der Waals surface area contributed by atoms with E-state index in [-0.39, 0.29) is 12.7 Å². The first-order valence-electron chi connectivity index (χ1n) is 5.90. The molecule has 1 heterocycles. The highest BCUT2D eigenvalue weighted by molar-refractivity contribution is 5.90. The molecule has 1 aromatic rings. The maximum atomic E-state index is 11.4. The minimum Gasteiger partial charge on any atom is -0.443 e. The van der Waals surface area contributed by atoms with E-state index in [1.54, 1.807) is 0 Å². The van der Waals surface area contributed by atoms with Crippen LogP contribution in [0.3, 0.4) is 0 Å². The lowest BCUT2D eigenvalue weighted by Gasteiger charge is -2.05. The van der Waals surface area contributed by atoms with Crippen molar-refractivity contribution in [2.24, 2.45) is 5.10 Å². The number of carbonyl (C=O) groups excluding carboxylic acids is 1. The number of rotatable bonds is 3. The Morgan fingerprint density at radius 3 is 2.94 bits per heavy atom. The molecule has 1 atom stereocenters. The molecule has 0 radical (unpaired) electrons. The van der Waals surface area contributed by atoms with Crippen molar-refractivity contribution in [1.82, 2.24) is 5.43 Å². The first-order valence-corrected chi connectivity index (χ1v) is 5.90. The zero-order chi connectivity index (χ0) is 12.8. The maximum Gasteiger partial charge on any atom is 0.428 e. The fraction of sp³-hybridized carbons (Fsp3) is 0.385. The van der Waals surface area contributed by atoms with E-state index in [1.807, 2.05) is 37.3 Å². The van der Waals surface area contributed by atoms with E-state index in [4.69, 9.17) is 9.47 Å². The van der Waals surface area contributed by atoms with Gasteiger partial charge in [0.2, 0.25) is 0 Å². The van der Waals surface area contributed by atoms with Gasteiger partial charge in [0, 0.05) is 6.42 Å². The third-order valence-corrected chi connectivity index (χ3v) is 2.70. The number of benzene rings is 1. The molecule has 0 saturated carbocycles. The summed E-state index contributed by atoms with van der Waals surface area (Å²) < 4.78 is 10.3. The third-order valence-electron chi connectivity index (χ3n) is 2.70. The molecule has 0 aliphatic carbocycles. The van der Waals surface area contributed by atoms with Gasteiger partial charge >= 0.3 is 6.09 Å². The lowest BCUT2D eigenvalue weighted by Crippen LogP contribution is -2.22. The first-order chi connectivity index (χ1) is 8.75. The molecule has 2 rings (SSSR count).